The van der Waals surface area contributed by atoms with Crippen molar-refractivity contribution in [1.82, 2.24) is 14.8 Å². The van der Waals surface area contributed by atoms with Gasteiger partial charge >= 0.3 is 5.97 Å². The van der Waals surface area contributed by atoms with Crippen molar-refractivity contribution in [1.29, 1.82) is 0 Å². The Morgan fingerprint density at radius 3 is 2.55 bits per heavy atom. The van der Waals surface area contributed by atoms with Gasteiger partial charge in [-0.05, 0) is 31.2 Å². The molecule has 0 unspecified atom stereocenters. The lowest BCUT2D eigenvalue weighted by molar-refractivity contribution is -0.115. The summed E-state index contributed by atoms with van der Waals surface area (Å²) in [5, 5.41) is 6.53. The quantitative estimate of drug-likeness (QED) is 0.371. The first-order valence-corrected chi connectivity index (χ1v) is 11.0. The molecular formula is C24H22N4O4S. The fourth-order valence-electron chi connectivity index (χ4n) is 3.34. The normalized spacial score (nSPS) is 10.6. The maximum Gasteiger partial charge on any atom is 0.342 e. The lowest BCUT2D eigenvalue weighted by Crippen LogP contribution is -2.23. The van der Waals surface area contributed by atoms with E-state index in [1.807, 2.05) is 49.4 Å². The number of carbonyl (C=O) groups is 2. The molecule has 9 heteroatoms. The van der Waals surface area contributed by atoms with E-state index in [4.69, 9.17) is 9.47 Å². The number of para-hydroxylation sites is 3. The van der Waals surface area contributed by atoms with Crippen LogP contribution >= 0.6 is 11.3 Å². The van der Waals surface area contributed by atoms with Crippen LogP contribution in [0.25, 0.3) is 5.69 Å². The van der Waals surface area contributed by atoms with Crippen molar-refractivity contribution in [2.75, 3.05) is 12.0 Å². The van der Waals surface area contributed by atoms with Gasteiger partial charge in [-0.3, -0.25) is 9.69 Å². The zero-order valence-corrected chi connectivity index (χ0v) is 19.2. The fraction of sp³-hybridized carbons (Fsp3) is 0.167. The summed E-state index contributed by atoms with van der Waals surface area (Å²) >= 11 is 1.28. The SMILES string of the molecule is COc1ccccc1N(C(C)=O)c1nc(COC(=O)c2cnn(-c3ccccc3)c2C)cs1. The van der Waals surface area contributed by atoms with Gasteiger partial charge < -0.3 is 9.47 Å². The zero-order valence-electron chi connectivity index (χ0n) is 18.4. The van der Waals surface area contributed by atoms with E-state index < -0.39 is 5.97 Å². The van der Waals surface area contributed by atoms with Gasteiger partial charge in [0.25, 0.3) is 0 Å². The molecular weight excluding hydrogens is 440 g/mol. The lowest BCUT2D eigenvalue weighted by Gasteiger charge is -2.20. The number of methoxy groups -OCH3 is 1. The van der Waals surface area contributed by atoms with Crippen LogP contribution in [0.4, 0.5) is 10.8 Å². The maximum atomic E-state index is 12.7. The highest BCUT2D eigenvalue weighted by molar-refractivity contribution is 7.14. The molecule has 2 aromatic carbocycles. The lowest BCUT2D eigenvalue weighted by atomic mass is 10.2. The molecule has 168 valence electrons. The molecule has 4 rings (SSSR count). The number of hydrogen-bond donors (Lipinski definition) is 0. The van der Waals surface area contributed by atoms with Crippen molar-refractivity contribution < 1.29 is 19.1 Å². The van der Waals surface area contributed by atoms with Gasteiger partial charge in [-0.1, -0.05) is 30.3 Å². The van der Waals surface area contributed by atoms with Gasteiger partial charge in [0, 0.05) is 12.3 Å². The van der Waals surface area contributed by atoms with E-state index in [-0.39, 0.29) is 12.5 Å². The maximum absolute atomic E-state index is 12.7. The number of carbonyl (C=O) groups excluding carboxylic acids is 2. The smallest absolute Gasteiger partial charge is 0.342 e. The second kappa shape index (κ2) is 9.66. The molecule has 0 fully saturated rings. The molecule has 0 atom stereocenters. The average Bonchev–Trinajstić information content (AvgIpc) is 3.45. The van der Waals surface area contributed by atoms with Gasteiger partial charge in [0.1, 0.15) is 17.9 Å². The Bertz CT molecular complexity index is 1280. The van der Waals surface area contributed by atoms with Gasteiger partial charge in [0.2, 0.25) is 5.91 Å². The minimum atomic E-state index is -0.489. The summed E-state index contributed by atoms with van der Waals surface area (Å²) in [6.07, 6.45) is 1.50. The molecule has 0 aliphatic heterocycles. The molecule has 2 heterocycles. The van der Waals surface area contributed by atoms with Crippen LogP contribution in [0.3, 0.4) is 0 Å². The number of amides is 1. The first-order chi connectivity index (χ1) is 16.0. The monoisotopic (exact) mass is 462 g/mol. The van der Waals surface area contributed by atoms with Crippen LogP contribution in [-0.4, -0.2) is 33.8 Å². The van der Waals surface area contributed by atoms with Crippen molar-refractivity contribution in [2.45, 2.75) is 20.5 Å². The molecule has 0 spiro atoms. The van der Waals surface area contributed by atoms with Crippen molar-refractivity contribution in [3.05, 3.63) is 83.1 Å². The second-order valence-electron chi connectivity index (χ2n) is 7.11. The van der Waals surface area contributed by atoms with Crippen LogP contribution in [0, 0.1) is 6.92 Å². The predicted octanol–water partition coefficient (Wildman–Crippen LogP) is 4.69. The van der Waals surface area contributed by atoms with Crippen LogP contribution in [-0.2, 0) is 16.1 Å². The molecule has 1 amide bonds. The van der Waals surface area contributed by atoms with Crippen molar-refractivity contribution in [2.24, 2.45) is 0 Å². The van der Waals surface area contributed by atoms with E-state index in [1.54, 1.807) is 29.3 Å². The zero-order chi connectivity index (χ0) is 23.4. The van der Waals surface area contributed by atoms with E-state index >= 15 is 0 Å². The molecule has 0 aliphatic rings. The van der Waals surface area contributed by atoms with E-state index in [1.165, 1.54) is 29.4 Å². The number of ether oxygens (including phenoxy) is 2. The van der Waals surface area contributed by atoms with Gasteiger partial charge in [0.15, 0.2) is 5.13 Å². The Morgan fingerprint density at radius 2 is 1.82 bits per heavy atom. The van der Waals surface area contributed by atoms with E-state index in [0.717, 1.165) is 5.69 Å². The summed E-state index contributed by atoms with van der Waals surface area (Å²) in [6, 6.07) is 16.8. The molecule has 0 radical (unpaired) electrons. The first kappa shape index (κ1) is 22.2. The van der Waals surface area contributed by atoms with Crippen LogP contribution in [0.2, 0.25) is 0 Å². The van der Waals surface area contributed by atoms with Crippen LogP contribution in [0.15, 0.2) is 66.2 Å². The molecule has 0 saturated carbocycles. The molecule has 0 bridgehead atoms. The van der Waals surface area contributed by atoms with E-state index in [0.29, 0.717) is 33.5 Å². The third-order valence-electron chi connectivity index (χ3n) is 4.95. The summed E-state index contributed by atoms with van der Waals surface area (Å²) in [5.74, 6) is -0.138. The molecule has 0 N–H and O–H groups in total. The minimum Gasteiger partial charge on any atom is -0.495 e. The highest BCUT2D eigenvalue weighted by Crippen LogP contribution is 2.35. The summed E-state index contributed by atoms with van der Waals surface area (Å²) < 4.78 is 12.5. The van der Waals surface area contributed by atoms with Crippen molar-refractivity contribution in [3.63, 3.8) is 0 Å². The van der Waals surface area contributed by atoms with Gasteiger partial charge in [0.05, 0.1) is 36.1 Å². The molecule has 4 aromatic rings. The third kappa shape index (κ3) is 4.63. The Hall–Kier alpha value is -3.98. The predicted molar refractivity (Wildman–Crippen MR) is 125 cm³/mol. The summed E-state index contributed by atoms with van der Waals surface area (Å²) in [5.41, 5.74) is 3.06. The number of benzene rings is 2. The summed E-state index contributed by atoms with van der Waals surface area (Å²) in [6.45, 7) is 3.25. The van der Waals surface area contributed by atoms with Gasteiger partial charge in [-0.15, -0.1) is 11.3 Å². The van der Waals surface area contributed by atoms with Crippen molar-refractivity contribution in [3.8, 4) is 11.4 Å². The summed E-state index contributed by atoms with van der Waals surface area (Å²) in [4.78, 5) is 31.0. The van der Waals surface area contributed by atoms with Crippen LogP contribution in [0.5, 0.6) is 5.75 Å². The Kier molecular flexibility index (Phi) is 6.50. The molecule has 2 aromatic heterocycles. The number of thiazole rings is 1. The second-order valence-corrected chi connectivity index (χ2v) is 7.95. The highest BCUT2D eigenvalue weighted by Gasteiger charge is 2.22. The summed E-state index contributed by atoms with van der Waals surface area (Å²) in [7, 11) is 1.55. The number of aromatic nitrogens is 3. The average molecular weight is 463 g/mol. The van der Waals surface area contributed by atoms with Crippen molar-refractivity contribution >= 4 is 34.0 Å². The topological polar surface area (TPSA) is 86.5 Å². The van der Waals surface area contributed by atoms with E-state index in [2.05, 4.69) is 10.1 Å². The number of anilines is 2. The minimum absolute atomic E-state index is 0.0248. The number of nitrogens with zero attached hydrogens (tertiary/aromatic N) is 4. The fourth-order valence-corrected chi connectivity index (χ4v) is 4.21. The Morgan fingerprint density at radius 1 is 1.09 bits per heavy atom. The Labute approximate surface area is 195 Å². The Balaban J connectivity index is 1.49. The number of hydrogen-bond acceptors (Lipinski definition) is 7. The number of esters is 1. The van der Waals surface area contributed by atoms with Crippen LogP contribution < -0.4 is 9.64 Å². The van der Waals surface area contributed by atoms with Crippen LogP contribution in [0.1, 0.15) is 28.7 Å². The van der Waals surface area contributed by atoms with Gasteiger partial charge in [-0.2, -0.15) is 5.10 Å². The third-order valence-corrected chi connectivity index (χ3v) is 5.83. The first-order valence-electron chi connectivity index (χ1n) is 10.1. The van der Waals surface area contributed by atoms with E-state index in [9.17, 15) is 9.59 Å². The largest absolute Gasteiger partial charge is 0.495 e. The number of rotatable bonds is 7. The molecule has 0 saturated heterocycles. The standard InChI is InChI=1S/C24H22N4O4S/c1-16-20(13-25-28(16)19-9-5-4-6-10-19)23(30)32-14-18-15-33-24(26-18)27(17(2)29)21-11-7-8-12-22(21)31-3/h4-13,15H,14H2,1-3H3. The highest BCUT2D eigenvalue weighted by atomic mass is 32.1. The molecule has 0 aliphatic carbocycles. The molecule has 33 heavy (non-hydrogen) atoms. The van der Waals surface area contributed by atoms with Gasteiger partial charge in [-0.25, -0.2) is 14.5 Å². The molecule has 8 nitrogen and oxygen atoms in total.